The molecule has 0 atom stereocenters. The van der Waals surface area contributed by atoms with E-state index in [0.717, 1.165) is 38.9 Å². The number of nitrogens with zero attached hydrogens (tertiary/aromatic N) is 2. The Labute approximate surface area is 203 Å². The predicted octanol–water partition coefficient (Wildman–Crippen LogP) is 7.70. The third-order valence-corrected chi connectivity index (χ3v) is 7.34. The number of aryl methyl sites for hydroxylation is 3. The van der Waals surface area contributed by atoms with Crippen LogP contribution in [0, 0.1) is 6.92 Å². The van der Waals surface area contributed by atoms with Crippen LogP contribution in [-0.4, -0.2) is 4.57 Å². The minimum Gasteiger partial charge on any atom is -0.454 e. The van der Waals surface area contributed by atoms with Crippen LogP contribution in [0.4, 0.5) is 0 Å². The Kier molecular flexibility index (Phi) is 4.19. The molecule has 0 radical (unpaired) electrons. The molecule has 2 aromatic heterocycles. The van der Waals surface area contributed by atoms with Gasteiger partial charge in [-0.3, -0.25) is 0 Å². The smallest absolute Gasteiger partial charge is 0.292 e. The van der Waals surface area contributed by atoms with E-state index in [1.165, 1.54) is 32.7 Å². The van der Waals surface area contributed by atoms with Gasteiger partial charge < -0.3 is 4.42 Å². The lowest BCUT2D eigenvalue weighted by Gasteiger charge is -2.11. The van der Waals surface area contributed by atoms with Crippen molar-refractivity contribution in [1.82, 2.24) is 4.57 Å². The number of fused-ring (bicyclic) bond motifs is 6. The summed E-state index contributed by atoms with van der Waals surface area (Å²) in [5.41, 5.74) is 6.54. The van der Waals surface area contributed by atoms with Crippen molar-refractivity contribution in [3.63, 3.8) is 0 Å². The van der Waals surface area contributed by atoms with Gasteiger partial charge in [-0.1, -0.05) is 78.9 Å². The van der Waals surface area contributed by atoms with E-state index >= 15 is 0 Å². The highest BCUT2D eigenvalue weighted by atomic mass is 16.3. The first kappa shape index (κ1) is 20.0. The van der Waals surface area contributed by atoms with Gasteiger partial charge in [-0.25, -0.2) is 9.13 Å². The van der Waals surface area contributed by atoms with Gasteiger partial charge in [-0.2, -0.15) is 0 Å². The fraction of sp³-hybridized carbons (Fsp3) is 0.0938. The summed E-state index contributed by atoms with van der Waals surface area (Å²) < 4.78 is 11.1. The van der Waals surface area contributed by atoms with Gasteiger partial charge in [0, 0.05) is 16.3 Å². The first-order valence-electron chi connectivity index (χ1n) is 12.0. The molecule has 7 aromatic rings. The highest BCUT2D eigenvalue weighted by molar-refractivity contribution is 6.18. The largest absolute Gasteiger partial charge is 0.454 e. The zero-order valence-corrected chi connectivity index (χ0v) is 20.0. The molecule has 0 amide bonds. The van der Waals surface area contributed by atoms with E-state index in [0.29, 0.717) is 0 Å². The van der Waals surface area contributed by atoms with E-state index in [1.54, 1.807) is 0 Å². The molecule has 3 nitrogen and oxygen atoms in total. The molecule has 0 aliphatic carbocycles. The van der Waals surface area contributed by atoms with E-state index in [9.17, 15) is 0 Å². The number of imidazole rings is 1. The van der Waals surface area contributed by atoms with Gasteiger partial charge in [0.1, 0.15) is 23.5 Å². The molecule has 0 aliphatic heterocycles. The van der Waals surface area contributed by atoms with Gasteiger partial charge in [0.15, 0.2) is 5.58 Å². The number of aromatic nitrogens is 2. The monoisotopic (exact) mass is 453 g/mol. The fourth-order valence-electron chi connectivity index (χ4n) is 5.67. The average molecular weight is 454 g/mol. The van der Waals surface area contributed by atoms with Gasteiger partial charge in [0.05, 0.1) is 14.1 Å². The number of hydrogen-bond acceptors (Lipinski definition) is 1. The Hall–Kier alpha value is -4.37. The van der Waals surface area contributed by atoms with Crippen molar-refractivity contribution in [2.45, 2.75) is 6.92 Å². The van der Waals surface area contributed by atoms with Crippen LogP contribution in [-0.2, 0) is 14.1 Å². The first-order chi connectivity index (χ1) is 17.1. The van der Waals surface area contributed by atoms with E-state index in [4.69, 9.17) is 4.42 Å². The molecule has 0 aliphatic rings. The normalized spacial score (nSPS) is 11.9. The molecular weight excluding hydrogens is 428 g/mol. The van der Waals surface area contributed by atoms with E-state index in [1.807, 2.05) is 0 Å². The molecule has 168 valence electrons. The molecule has 0 spiro atoms. The Bertz CT molecular complexity index is 1920. The van der Waals surface area contributed by atoms with E-state index in [-0.39, 0.29) is 0 Å². The van der Waals surface area contributed by atoms with Crippen LogP contribution in [0.15, 0.2) is 102 Å². The second kappa shape index (κ2) is 7.31. The summed E-state index contributed by atoms with van der Waals surface area (Å²) in [6.07, 6.45) is 4.17. The predicted molar refractivity (Wildman–Crippen MR) is 144 cm³/mol. The van der Waals surface area contributed by atoms with Crippen molar-refractivity contribution in [2.24, 2.45) is 14.1 Å². The van der Waals surface area contributed by atoms with E-state index in [2.05, 4.69) is 127 Å². The summed E-state index contributed by atoms with van der Waals surface area (Å²) in [5.74, 6) is 1.13. The zero-order valence-electron chi connectivity index (χ0n) is 20.0. The number of para-hydroxylation sites is 1. The molecular formula is C32H25N2O+. The Morgan fingerprint density at radius 2 is 1.40 bits per heavy atom. The van der Waals surface area contributed by atoms with Crippen LogP contribution >= 0.6 is 0 Å². The van der Waals surface area contributed by atoms with Crippen molar-refractivity contribution in [2.75, 3.05) is 0 Å². The fourth-order valence-corrected chi connectivity index (χ4v) is 5.67. The van der Waals surface area contributed by atoms with Crippen LogP contribution in [0.2, 0.25) is 0 Å². The third kappa shape index (κ3) is 2.82. The lowest BCUT2D eigenvalue weighted by Crippen LogP contribution is -2.29. The second-order valence-electron chi connectivity index (χ2n) is 9.45. The van der Waals surface area contributed by atoms with Crippen molar-refractivity contribution in [1.29, 1.82) is 0 Å². The molecule has 0 bridgehead atoms. The Balaban J connectivity index is 1.61. The molecule has 7 rings (SSSR count). The summed E-state index contributed by atoms with van der Waals surface area (Å²) in [4.78, 5) is 0. The molecule has 0 saturated carbocycles. The van der Waals surface area contributed by atoms with Gasteiger partial charge in [-0.05, 0) is 45.7 Å². The zero-order chi connectivity index (χ0) is 23.7. The minimum atomic E-state index is 0.937. The molecule has 0 saturated heterocycles. The second-order valence-corrected chi connectivity index (χ2v) is 9.45. The summed E-state index contributed by atoms with van der Waals surface area (Å²) >= 11 is 0. The molecule has 0 fully saturated rings. The van der Waals surface area contributed by atoms with Gasteiger partial charge >= 0.3 is 0 Å². The van der Waals surface area contributed by atoms with Gasteiger partial charge in [-0.15, -0.1) is 0 Å². The molecule has 2 heterocycles. The maximum absolute atomic E-state index is 6.82. The SMILES string of the molecule is Cc1ccc2c(oc3c(-c4cc5ccccc5c5ccccc45)cccc32)c1-c1n(C)cc[n+]1C. The number of furan rings is 1. The van der Waals surface area contributed by atoms with Crippen LogP contribution in [0.3, 0.4) is 0 Å². The van der Waals surface area contributed by atoms with Crippen LogP contribution in [0.5, 0.6) is 0 Å². The molecule has 0 N–H and O–H groups in total. The van der Waals surface area contributed by atoms with Crippen LogP contribution < -0.4 is 4.57 Å². The van der Waals surface area contributed by atoms with Crippen molar-refractivity contribution in [3.8, 4) is 22.5 Å². The lowest BCUT2D eigenvalue weighted by atomic mass is 9.92. The molecule has 3 heteroatoms. The maximum atomic E-state index is 6.82. The summed E-state index contributed by atoms with van der Waals surface area (Å²) in [5, 5.41) is 7.31. The molecule has 35 heavy (non-hydrogen) atoms. The van der Waals surface area contributed by atoms with Gasteiger partial charge in [0.25, 0.3) is 5.82 Å². The standard InChI is InChI=1S/C32H25N2O/c1-20-15-16-27-25-13-8-14-26(30(25)35-31(27)29(20)32-33(2)17-18-34(32)3)28-19-21-9-4-5-10-22(21)23-11-6-7-12-24(23)28/h4-19H,1-3H3/q+1. The molecule has 5 aromatic carbocycles. The van der Waals surface area contributed by atoms with Crippen molar-refractivity contribution in [3.05, 3.63) is 103 Å². The summed E-state index contributed by atoms with van der Waals surface area (Å²) in [6, 6.07) is 30.5. The highest BCUT2D eigenvalue weighted by Gasteiger charge is 2.24. The lowest BCUT2D eigenvalue weighted by molar-refractivity contribution is -0.659. The van der Waals surface area contributed by atoms with Crippen LogP contribution in [0.1, 0.15) is 5.56 Å². The van der Waals surface area contributed by atoms with E-state index < -0.39 is 0 Å². The number of benzene rings is 5. The van der Waals surface area contributed by atoms with Crippen LogP contribution in [0.25, 0.3) is 66.0 Å². The highest BCUT2D eigenvalue weighted by Crippen LogP contribution is 2.43. The minimum absolute atomic E-state index is 0.937. The summed E-state index contributed by atoms with van der Waals surface area (Å²) in [6.45, 7) is 2.16. The van der Waals surface area contributed by atoms with Crippen molar-refractivity contribution >= 4 is 43.5 Å². The topological polar surface area (TPSA) is 21.9 Å². The summed E-state index contributed by atoms with van der Waals surface area (Å²) in [7, 11) is 4.17. The molecule has 0 unspecified atom stereocenters. The quantitative estimate of drug-likeness (QED) is 0.194. The Morgan fingerprint density at radius 1 is 0.686 bits per heavy atom. The maximum Gasteiger partial charge on any atom is 0.292 e. The third-order valence-electron chi connectivity index (χ3n) is 7.34. The first-order valence-corrected chi connectivity index (χ1v) is 12.0. The Morgan fingerprint density at radius 3 is 2.20 bits per heavy atom. The number of rotatable bonds is 2. The number of hydrogen-bond donors (Lipinski definition) is 0. The van der Waals surface area contributed by atoms with Crippen molar-refractivity contribution < 1.29 is 8.98 Å². The average Bonchev–Trinajstić information content (AvgIpc) is 3.43. The van der Waals surface area contributed by atoms with Gasteiger partial charge in [0.2, 0.25) is 0 Å².